The van der Waals surface area contributed by atoms with Crippen molar-refractivity contribution in [2.45, 2.75) is 26.1 Å². The maximum Gasteiger partial charge on any atom is 0.267 e. The summed E-state index contributed by atoms with van der Waals surface area (Å²) in [6.07, 6.45) is 1.72. The minimum atomic E-state index is -0.439. The second-order valence-corrected chi connectivity index (χ2v) is 6.76. The number of carbonyl (C=O) groups is 1. The molecular formula is C22H23N3O3. The molecule has 0 bridgehead atoms. The first-order valence-electron chi connectivity index (χ1n) is 9.19. The van der Waals surface area contributed by atoms with Crippen molar-refractivity contribution in [2.75, 3.05) is 18.4 Å². The molecule has 28 heavy (non-hydrogen) atoms. The fourth-order valence-corrected chi connectivity index (χ4v) is 3.07. The average molecular weight is 377 g/mol. The number of nitrogens with zero attached hydrogens (tertiary/aromatic N) is 2. The molecule has 1 saturated heterocycles. The molecule has 1 aliphatic heterocycles. The Bertz CT molecular complexity index is 862. The lowest BCUT2D eigenvalue weighted by Gasteiger charge is -2.34. The average Bonchev–Trinajstić information content (AvgIpc) is 2.67. The Kier molecular flexibility index (Phi) is 6.30. The normalized spacial score (nSPS) is 19.6. The molecule has 1 heterocycles. The molecule has 2 atom stereocenters. The van der Waals surface area contributed by atoms with Crippen LogP contribution in [-0.2, 0) is 9.53 Å². The van der Waals surface area contributed by atoms with Crippen LogP contribution in [0.25, 0.3) is 0 Å². The summed E-state index contributed by atoms with van der Waals surface area (Å²) >= 11 is 0. The van der Waals surface area contributed by atoms with Gasteiger partial charge in [0.1, 0.15) is 23.1 Å². The highest BCUT2D eigenvalue weighted by atomic mass is 16.5. The fourth-order valence-electron chi connectivity index (χ4n) is 3.07. The number of anilines is 1. The number of amides is 1. The SMILES string of the molecule is CC1CN(/C=C(/C#N)C(=O)Nc2ccc(Oc3ccccc3)cc2)CC(C)O1. The molecule has 1 N–H and O–H groups in total. The zero-order chi connectivity index (χ0) is 19.9. The van der Waals surface area contributed by atoms with Crippen molar-refractivity contribution >= 4 is 11.6 Å². The Balaban J connectivity index is 1.62. The smallest absolute Gasteiger partial charge is 0.267 e. The molecule has 1 amide bonds. The quantitative estimate of drug-likeness (QED) is 0.631. The molecule has 2 aromatic rings. The molecule has 0 spiro atoms. The van der Waals surface area contributed by atoms with Crippen LogP contribution in [0.4, 0.5) is 5.69 Å². The number of morpholine rings is 1. The van der Waals surface area contributed by atoms with E-state index in [1.807, 2.05) is 55.1 Å². The molecule has 0 aliphatic carbocycles. The van der Waals surface area contributed by atoms with Crippen LogP contribution < -0.4 is 10.1 Å². The maximum atomic E-state index is 12.5. The van der Waals surface area contributed by atoms with E-state index in [-0.39, 0.29) is 17.8 Å². The van der Waals surface area contributed by atoms with Gasteiger partial charge in [-0.25, -0.2) is 0 Å². The highest BCUT2D eigenvalue weighted by molar-refractivity contribution is 6.06. The van der Waals surface area contributed by atoms with Gasteiger partial charge in [0.15, 0.2) is 0 Å². The molecule has 6 heteroatoms. The van der Waals surface area contributed by atoms with Gasteiger partial charge in [0, 0.05) is 25.0 Å². The molecule has 6 nitrogen and oxygen atoms in total. The molecule has 2 aromatic carbocycles. The zero-order valence-electron chi connectivity index (χ0n) is 16.0. The third-order valence-electron chi connectivity index (χ3n) is 4.22. The summed E-state index contributed by atoms with van der Waals surface area (Å²) in [7, 11) is 0. The van der Waals surface area contributed by atoms with Gasteiger partial charge in [-0.05, 0) is 50.2 Å². The lowest BCUT2D eigenvalue weighted by atomic mass is 10.2. The van der Waals surface area contributed by atoms with Crippen molar-refractivity contribution in [2.24, 2.45) is 0 Å². The number of benzene rings is 2. The lowest BCUT2D eigenvalue weighted by Crippen LogP contribution is -2.43. The van der Waals surface area contributed by atoms with Crippen LogP contribution in [0.5, 0.6) is 11.5 Å². The van der Waals surface area contributed by atoms with E-state index in [4.69, 9.17) is 9.47 Å². The Morgan fingerprint density at radius 2 is 1.71 bits per heavy atom. The number of carbonyl (C=O) groups excluding carboxylic acids is 1. The molecule has 2 unspecified atom stereocenters. The molecule has 1 fully saturated rings. The summed E-state index contributed by atoms with van der Waals surface area (Å²) in [5.41, 5.74) is 0.654. The molecule has 0 radical (unpaired) electrons. The zero-order valence-corrected chi connectivity index (χ0v) is 16.0. The molecule has 0 aromatic heterocycles. The molecule has 1 aliphatic rings. The summed E-state index contributed by atoms with van der Waals surface area (Å²) < 4.78 is 11.4. The van der Waals surface area contributed by atoms with Crippen molar-refractivity contribution in [3.05, 3.63) is 66.4 Å². The van der Waals surface area contributed by atoms with E-state index in [1.165, 1.54) is 0 Å². The summed E-state index contributed by atoms with van der Waals surface area (Å²) in [5.74, 6) is 0.963. The summed E-state index contributed by atoms with van der Waals surface area (Å²) in [6.45, 7) is 5.24. The number of ether oxygens (including phenoxy) is 2. The first-order valence-corrected chi connectivity index (χ1v) is 9.19. The summed E-state index contributed by atoms with van der Waals surface area (Å²) in [6, 6.07) is 18.5. The van der Waals surface area contributed by atoms with Crippen molar-refractivity contribution in [3.8, 4) is 17.6 Å². The predicted molar refractivity (Wildman–Crippen MR) is 107 cm³/mol. The van der Waals surface area contributed by atoms with E-state index < -0.39 is 5.91 Å². The van der Waals surface area contributed by atoms with Gasteiger partial charge < -0.3 is 19.7 Å². The third kappa shape index (κ3) is 5.35. The predicted octanol–water partition coefficient (Wildman–Crippen LogP) is 3.93. The van der Waals surface area contributed by atoms with E-state index in [2.05, 4.69) is 5.32 Å². The Morgan fingerprint density at radius 1 is 1.11 bits per heavy atom. The van der Waals surface area contributed by atoms with E-state index in [0.717, 1.165) is 5.75 Å². The van der Waals surface area contributed by atoms with Crippen molar-refractivity contribution in [1.82, 2.24) is 4.90 Å². The largest absolute Gasteiger partial charge is 0.457 e. The highest BCUT2D eigenvalue weighted by Crippen LogP contribution is 2.23. The Labute approximate surface area is 165 Å². The topological polar surface area (TPSA) is 74.6 Å². The molecule has 144 valence electrons. The minimum Gasteiger partial charge on any atom is -0.457 e. The first-order chi connectivity index (χ1) is 13.5. The number of rotatable bonds is 5. The summed E-state index contributed by atoms with van der Waals surface area (Å²) in [5, 5.41) is 12.1. The fraction of sp³-hybridized carbons (Fsp3) is 0.273. The van der Waals surface area contributed by atoms with Crippen molar-refractivity contribution in [3.63, 3.8) is 0 Å². The van der Waals surface area contributed by atoms with Gasteiger partial charge in [-0.3, -0.25) is 4.79 Å². The van der Waals surface area contributed by atoms with Gasteiger partial charge in [-0.1, -0.05) is 18.2 Å². The number of nitrogens with one attached hydrogen (secondary N) is 1. The molecule has 3 rings (SSSR count). The van der Waals surface area contributed by atoms with E-state index >= 15 is 0 Å². The monoisotopic (exact) mass is 377 g/mol. The van der Waals surface area contributed by atoms with E-state index in [1.54, 1.807) is 30.5 Å². The van der Waals surface area contributed by atoms with Crippen LogP contribution in [0.3, 0.4) is 0 Å². The molecular weight excluding hydrogens is 354 g/mol. The number of nitriles is 1. The third-order valence-corrected chi connectivity index (χ3v) is 4.22. The van der Waals surface area contributed by atoms with Crippen molar-refractivity contribution < 1.29 is 14.3 Å². The Morgan fingerprint density at radius 3 is 2.32 bits per heavy atom. The highest BCUT2D eigenvalue weighted by Gasteiger charge is 2.21. The van der Waals surface area contributed by atoms with Gasteiger partial charge in [-0.2, -0.15) is 5.26 Å². The van der Waals surface area contributed by atoms with Crippen LogP contribution in [-0.4, -0.2) is 36.1 Å². The van der Waals surface area contributed by atoms with Crippen LogP contribution in [0.2, 0.25) is 0 Å². The number of hydrogen-bond donors (Lipinski definition) is 1. The van der Waals surface area contributed by atoms with Gasteiger partial charge >= 0.3 is 0 Å². The Hall–Kier alpha value is -3.30. The standard InChI is InChI=1S/C22H23N3O3/c1-16-13-25(14-17(2)27-16)15-18(12-23)22(26)24-19-8-10-21(11-9-19)28-20-6-4-3-5-7-20/h3-11,15-17H,13-14H2,1-2H3,(H,24,26)/b18-15-. The van der Waals surface area contributed by atoms with Gasteiger partial charge in [0.2, 0.25) is 0 Å². The van der Waals surface area contributed by atoms with Gasteiger partial charge in [0.05, 0.1) is 12.2 Å². The number of hydrogen-bond acceptors (Lipinski definition) is 5. The van der Waals surface area contributed by atoms with E-state index in [9.17, 15) is 10.1 Å². The van der Waals surface area contributed by atoms with Crippen LogP contribution in [0.1, 0.15) is 13.8 Å². The summed E-state index contributed by atoms with van der Waals surface area (Å²) in [4.78, 5) is 14.4. The second-order valence-electron chi connectivity index (χ2n) is 6.76. The van der Waals surface area contributed by atoms with Crippen LogP contribution in [0, 0.1) is 11.3 Å². The second kappa shape index (κ2) is 9.07. The maximum absolute atomic E-state index is 12.5. The van der Waals surface area contributed by atoms with Crippen LogP contribution >= 0.6 is 0 Å². The van der Waals surface area contributed by atoms with Crippen LogP contribution in [0.15, 0.2) is 66.4 Å². The van der Waals surface area contributed by atoms with Gasteiger partial charge in [0.25, 0.3) is 5.91 Å². The number of para-hydroxylation sites is 1. The minimum absolute atomic E-state index is 0.0557. The lowest BCUT2D eigenvalue weighted by molar-refractivity contribution is -0.112. The first kappa shape index (κ1) is 19.5. The van der Waals surface area contributed by atoms with Gasteiger partial charge in [-0.15, -0.1) is 0 Å². The van der Waals surface area contributed by atoms with E-state index in [0.29, 0.717) is 24.5 Å². The molecule has 0 saturated carbocycles. The van der Waals surface area contributed by atoms with Crippen molar-refractivity contribution in [1.29, 1.82) is 5.26 Å².